The summed E-state index contributed by atoms with van der Waals surface area (Å²) in [6.45, 7) is 29.1. The van der Waals surface area contributed by atoms with Crippen LogP contribution >= 0.6 is 0 Å². The van der Waals surface area contributed by atoms with Gasteiger partial charge in [0.1, 0.15) is 0 Å². The monoisotopic (exact) mass is 1200 g/mol. The molecule has 5 atom stereocenters. The molecule has 466 valence electrons. The van der Waals surface area contributed by atoms with Crippen LogP contribution in [0.4, 0.5) is 0 Å². The van der Waals surface area contributed by atoms with E-state index < -0.39 is 0 Å². The van der Waals surface area contributed by atoms with Crippen molar-refractivity contribution >= 4 is 37.9 Å². The van der Waals surface area contributed by atoms with Crippen molar-refractivity contribution in [2.45, 2.75) is 180 Å². The highest BCUT2D eigenvalue weighted by Crippen LogP contribution is 2.53. The molecule has 0 aromatic heterocycles. The maximum atomic E-state index is 2.61. The van der Waals surface area contributed by atoms with Gasteiger partial charge in [-0.3, -0.25) is 0 Å². The maximum absolute atomic E-state index is 2.61. The van der Waals surface area contributed by atoms with Gasteiger partial charge in [-0.15, -0.1) is 0 Å². The lowest BCUT2D eigenvalue weighted by molar-refractivity contribution is 0.225. The molecule has 0 saturated heterocycles. The van der Waals surface area contributed by atoms with Gasteiger partial charge >= 0.3 is 0 Å². The van der Waals surface area contributed by atoms with Crippen molar-refractivity contribution in [2.24, 2.45) is 0 Å². The van der Waals surface area contributed by atoms with Gasteiger partial charge in [-0.1, -0.05) is 332 Å². The van der Waals surface area contributed by atoms with Gasteiger partial charge in [-0.25, -0.2) is 0 Å². The Bertz CT molecular complexity index is 4450. The normalized spacial score (nSPS) is 15.9. The number of allylic oxidation sites excluding steroid dienone is 4. The molecule has 0 amide bonds. The molecule has 0 radical (unpaired) electrons. The molecule has 0 fully saturated rings. The molecule has 12 rings (SSSR count). The SMILES string of the molecule is CCCC(C)(c1ccc(-c2ccc(C(C)(CC)C(C)(CC)c3cccc(-c4cccc(C(C)CC)c4)c3)cc2)cc1)C(C)(CC)c1cccc(-c2cccc(C(CC)(CC)C3=CCCC(c4c5ccccc5c(-c5ccc6ccccc6c5)c5ccccc45)=C3)c2)c1. The highest BCUT2D eigenvalue weighted by molar-refractivity contribution is 6.19. The standard InChI is InChI=1S/C92H98/c1-13-57-91(12,77-55-51-67(52-56-77)66-49-53-76(54-50-66)88(9,15-3)89(10,16-4)78-39-27-35-71(60-78)70-34-26-33-68(58-70)64(8)14-2)90(11,17-5)79-40-28-36-72(61-79)73-37-29-41-80(62-73)92(18-6,19-7)81-42-30-38-74(63-81)86-82-43-22-24-45-84(82)87(85-46-25-23-44-83(85)86)75-48-47-65-31-20-21-32-69(65)59-75/h20-29,31-37,39-56,58-64H,13-19,30,38,57H2,1-12H3. The third kappa shape index (κ3) is 11.1. The lowest BCUT2D eigenvalue weighted by Gasteiger charge is -2.48. The molecule has 0 aliphatic heterocycles. The lowest BCUT2D eigenvalue weighted by atomic mass is 9.55. The predicted octanol–water partition coefficient (Wildman–Crippen LogP) is 26.7. The maximum Gasteiger partial charge on any atom is 0.0194 e. The van der Waals surface area contributed by atoms with Gasteiger partial charge in [0.15, 0.2) is 0 Å². The Morgan fingerprint density at radius 2 is 0.783 bits per heavy atom. The molecule has 5 unspecified atom stereocenters. The van der Waals surface area contributed by atoms with Crippen molar-refractivity contribution in [3.05, 3.63) is 293 Å². The molecule has 0 nitrogen and oxygen atoms in total. The fraction of sp³-hybridized carbons (Fsp3) is 0.304. The van der Waals surface area contributed by atoms with Gasteiger partial charge in [0.05, 0.1) is 0 Å². The van der Waals surface area contributed by atoms with E-state index in [4.69, 9.17) is 0 Å². The molecule has 0 heterocycles. The van der Waals surface area contributed by atoms with E-state index in [1.807, 2.05) is 0 Å². The van der Waals surface area contributed by atoms with Crippen LogP contribution in [0.15, 0.2) is 254 Å². The van der Waals surface area contributed by atoms with Gasteiger partial charge in [0.25, 0.3) is 0 Å². The number of benzene rings is 11. The summed E-state index contributed by atoms with van der Waals surface area (Å²) in [5, 5.41) is 7.83. The minimum Gasteiger partial charge on any atom is -0.0801 e. The van der Waals surface area contributed by atoms with Gasteiger partial charge in [0.2, 0.25) is 0 Å². The van der Waals surface area contributed by atoms with Gasteiger partial charge in [-0.05, 0) is 197 Å². The van der Waals surface area contributed by atoms with E-state index in [-0.39, 0.29) is 27.1 Å². The average Bonchev–Trinajstić information content (AvgIpc) is 0.748. The molecule has 0 N–H and O–H groups in total. The Hall–Kier alpha value is -8.32. The second-order valence-corrected chi connectivity index (χ2v) is 28.0. The smallest absolute Gasteiger partial charge is 0.0194 e. The second-order valence-electron chi connectivity index (χ2n) is 28.0. The van der Waals surface area contributed by atoms with Crippen LogP contribution in [-0.4, -0.2) is 0 Å². The fourth-order valence-corrected chi connectivity index (χ4v) is 17.0. The lowest BCUT2D eigenvalue weighted by Crippen LogP contribution is -2.44. The first-order chi connectivity index (χ1) is 44.6. The van der Waals surface area contributed by atoms with Crippen molar-refractivity contribution in [2.75, 3.05) is 0 Å². The number of hydrogen-bond acceptors (Lipinski definition) is 0. The molecule has 92 heavy (non-hydrogen) atoms. The van der Waals surface area contributed by atoms with Gasteiger partial charge in [0, 0.05) is 27.1 Å². The van der Waals surface area contributed by atoms with Crippen LogP contribution in [0, 0.1) is 0 Å². The summed E-state index contributed by atoms with van der Waals surface area (Å²) in [5.41, 5.74) is 22.5. The van der Waals surface area contributed by atoms with Gasteiger partial charge in [-0.2, -0.15) is 0 Å². The zero-order valence-electron chi connectivity index (χ0n) is 57.3. The molecule has 11 aromatic rings. The summed E-state index contributed by atoms with van der Waals surface area (Å²) in [6, 6.07) is 91.3. The Morgan fingerprint density at radius 1 is 0.348 bits per heavy atom. The third-order valence-electron chi connectivity index (χ3n) is 24.0. The predicted molar refractivity (Wildman–Crippen MR) is 401 cm³/mol. The van der Waals surface area contributed by atoms with Gasteiger partial charge < -0.3 is 0 Å². The summed E-state index contributed by atoms with van der Waals surface area (Å²) in [4.78, 5) is 0. The van der Waals surface area contributed by atoms with E-state index in [0.717, 1.165) is 64.2 Å². The van der Waals surface area contributed by atoms with Crippen LogP contribution in [0.2, 0.25) is 0 Å². The van der Waals surface area contributed by atoms with Crippen LogP contribution in [0.25, 0.3) is 82.4 Å². The van der Waals surface area contributed by atoms with Crippen molar-refractivity contribution < 1.29 is 0 Å². The van der Waals surface area contributed by atoms with Crippen LogP contribution in [0.3, 0.4) is 0 Å². The zero-order valence-corrected chi connectivity index (χ0v) is 57.3. The number of hydrogen-bond donors (Lipinski definition) is 0. The van der Waals surface area contributed by atoms with E-state index in [9.17, 15) is 0 Å². The Labute approximate surface area is 552 Å². The van der Waals surface area contributed by atoms with E-state index in [2.05, 4.69) is 332 Å². The molecule has 11 aromatic carbocycles. The van der Waals surface area contributed by atoms with E-state index in [0.29, 0.717) is 5.92 Å². The molecule has 1 aliphatic rings. The topological polar surface area (TPSA) is 0 Å². The quantitative estimate of drug-likeness (QED) is 0.0593. The minimum atomic E-state index is -0.150. The van der Waals surface area contributed by atoms with Crippen LogP contribution in [0.5, 0.6) is 0 Å². The highest BCUT2D eigenvalue weighted by Gasteiger charge is 2.46. The zero-order chi connectivity index (χ0) is 64.4. The molecular weight excluding hydrogens is 1110 g/mol. The summed E-state index contributed by atoms with van der Waals surface area (Å²) in [6.07, 6.45) is 15.7. The van der Waals surface area contributed by atoms with Crippen molar-refractivity contribution in [1.29, 1.82) is 0 Å². The Kier molecular flexibility index (Phi) is 18.3. The van der Waals surface area contributed by atoms with Crippen LogP contribution in [0.1, 0.15) is 192 Å². The molecule has 0 spiro atoms. The van der Waals surface area contributed by atoms with Crippen LogP contribution in [-0.2, 0) is 27.1 Å². The first-order valence-corrected chi connectivity index (χ1v) is 35.1. The minimum absolute atomic E-state index is 0.0805. The second kappa shape index (κ2) is 26.4. The highest BCUT2D eigenvalue weighted by atomic mass is 14.5. The average molecular weight is 1200 g/mol. The number of fused-ring (bicyclic) bond motifs is 3. The van der Waals surface area contributed by atoms with Crippen molar-refractivity contribution in [3.8, 4) is 44.5 Å². The van der Waals surface area contributed by atoms with E-state index >= 15 is 0 Å². The largest absolute Gasteiger partial charge is 0.0801 e. The van der Waals surface area contributed by atoms with Crippen LogP contribution < -0.4 is 0 Å². The first-order valence-electron chi connectivity index (χ1n) is 35.1. The summed E-state index contributed by atoms with van der Waals surface area (Å²) >= 11 is 0. The Morgan fingerprint density at radius 3 is 1.29 bits per heavy atom. The van der Waals surface area contributed by atoms with Crippen molar-refractivity contribution in [1.82, 2.24) is 0 Å². The summed E-state index contributed by atoms with van der Waals surface area (Å²) in [7, 11) is 0. The van der Waals surface area contributed by atoms with Crippen molar-refractivity contribution in [3.63, 3.8) is 0 Å². The van der Waals surface area contributed by atoms with E-state index in [1.54, 1.807) is 0 Å². The third-order valence-corrected chi connectivity index (χ3v) is 24.0. The molecule has 0 heteroatoms. The molecule has 0 bridgehead atoms. The fourth-order valence-electron chi connectivity index (χ4n) is 17.0. The summed E-state index contributed by atoms with van der Waals surface area (Å²) < 4.78 is 0. The molecule has 0 saturated carbocycles. The summed E-state index contributed by atoms with van der Waals surface area (Å²) in [5.74, 6) is 0.545. The Balaban J connectivity index is 0.825. The number of rotatable bonds is 22. The molecule has 1 aliphatic carbocycles. The molecular formula is C92H98. The van der Waals surface area contributed by atoms with E-state index in [1.165, 1.54) is 127 Å². The first kappa shape index (κ1) is 63.8.